The minimum absolute atomic E-state index is 0. The Hall–Kier alpha value is 1.09. The van der Waals surface area contributed by atoms with E-state index < -0.39 is 11.1 Å². The zero-order chi connectivity index (χ0) is 15.2. The zero-order valence-corrected chi connectivity index (χ0v) is 19.4. The van der Waals surface area contributed by atoms with Crippen LogP contribution in [0.2, 0.25) is 0 Å². The summed E-state index contributed by atoms with van der Waals surface area (Å²) < 4.78 is 18.7. The number of rotatable bonds is 6. The van der Waals surface area contributed by atoms with Gasteiger partial charge in [0.05, 0.1) is 18.0 Å². The Balaban J connectivity index is 0.00000242. The summed E-state index contributed by atoms with van der Waals surface area (Å²) in [6.07, 6.45) is 1.28. The van der Waals surface area contributed by atoms with Gasteiger partial charge in [0, 0.05) is 55.1 Å². The van der Waals surface area contributed by atoms with Crippen LogP contribution in [0, 0.1) is 44.1 Å². The van der Waals surface area contributed by atoms with Gasteiger partial charge in [-0.15, -0.1) is 6.04 Å². The van der Waals surface area contributed by atoms with Gasteiger partial charge in [0.2, 0.25) is 11.1 Å². The van der Waals surface area contributed by atoms with E-state index in [2.05, 4.69) is 20.8 Å². The fourth-order valence-corrected chi connectivity index (χ4v) is 3.18. The Bertz CT molecular complexity index is 480. The first kappa shape index (κ1) is 21.1. The van der Waals surface area contributed by atoms with Gasteiger partial charge in [-0.05, 0) is 30.7 Å². The zero-order valence-electron chi connectivity index (χ0n) is 12.2. The maximum Gasteiger partial charge on any atom is 0.206 e. The molecule has 1 aromatic carbocycles. The molecule has 9 heteroatoms. The van der Waals surface area contributed by atoms with Gasteiger partial charge in [0.15, 0.2) is 0 Å². The largest absolute Gasteiger partial charge is 0.675 e. The smallest absolute Gasteiger partial charge is 0.206 e. The van der Waals surface area contributed by atoms with Crippen molar-refractivity contribution in [2.45, 2.75) is 29.8 Å². The van der Waals surface area contributed by atoms with Crippen LogP contribution >= 0.6 is 15.9 Å². The Morgan fingerprint density at radius 3 is 2.73 bits per heavy atom. The first-order valence-electron chi connectivity index (χ1n) is 6.59. The monoisotopic (exact) mass is 604 g/mol. The number of piperidine rings is 1. The number of hydrogen-bond acceptors (Lipinski definition) is 5. The van der Waals surface area contributed by atoms with Crippen LogP contribution in [0.25, 0.3) is 5.73 Å². The second-order valence-electron chi connectivity index (χ2n) is 4.73. The Kier molecular flexibility index (Phi) is 10.4. The molecule has 1 radical (unpaired) electrons. The van der Waals surface area contributed by atoms with Crippen LogP contribution in [0.5, 0.6) is 0 Å². The van der Waals surface area contributed by atoms with E-state index in [1.807, 2.05) is 12.1 Å². The van der Waals surface area contributed by atoms with E-state index >= 15 is 0 Å². The molecule has 0 saturated carbocycles. The Morgan fingerprint density at radius 1 is 1.41 bits per heavy atom. The molecule has 0 aliphatic carbocycles. The SMILES string of the molecule is COOCC1CC([NH-])CCN1OS(=O)c1ccc(Br)cc1.[Ac]. The van der Waals surface area contributed by atoms with Gasteiger partial charge in [-0.25, -0.2) is 14.0 Å². The molecule has 1 aliphatic rings. The summed E-state index contributed by atoms with van der Waals surface area (Å²) in [6.45, 7) is 0.831. The van der Waals surface area contributed by atoms with Gasteiger partial charge in [-0.1, -0.05) is 22.4 Å². The molecular weight excluding hydrogens is 587 g/mol. The summed E-state index contributed by atoms with van der Waals surface area (Å²) in [6, 6.07) is 6.84. The molecule has 2 rings (SSSR count). The number of halogens is 1. The predicted molar refractivity (Wildman–Crippen MR) is 82.4 cm³/mol. The minimum atomic E-state index is -1.58. The molecule has 0 bridgehead atoms. The molecule has 6 nitrogen and oxygen atoms in total. The van der Waals surface area contributed by atoms with Crippen LogP contribution in [0.1, 0.15) is 12.8 Å². The molecule has 1 aliphatic heterocycles. The van der Waals surface area contributed by atoms with Crippen LogP contribution < -0.4 is 0 Å². The second-order valence-corrected chi connectivity index (χ2v) is 6.74. The molecule has 1 saturated heterocycles. The van der Waals surface area contributed by atoms with E-state index in [9.17, 15) is 4.21 Å². The summed E-state index contributed by atoms with van der Waals surface area (Å²) in [7, 11) is 1.44. The van der Waals surface area contributed by atoms with Crippen molar-refractivity contribution < 1.29 is 62.3 Å². The average Bonchev–Trinajstić information content (AvgIpc) is 2.48. The molecule has 1 aromatic rings. The molecule has 22 heavy (non-hydrogen) atoms. The third kappa shape index (κ3) is 6.54. The van der Waals surface area contributed by atoms with E-state index in [0.29, 0.717) is 24.3 Å². The fourth-order valence-electron chi connectivity index (χ4n) is 2.10. The van der Waals surface area contributed by atoms with Crippen molar-refractivity contribution in [3.63, 3.8) is 0 Å². The summed E-state index contributed by atoms with van der Waals surface area (Å²) in [5, 5.41) is 1.64. The van der Waals surface area contributed by atoms with Crippen molar-refractivity contribution in [2.75, 3.05) is 20.3 Å². The van der Waals surface area contributed by atoms with Gasteiger partial charge in [0.1, 0.15) is 6.61 Å². The normalized spacial score (nSPS) is 23.8. The van der Waals surface area contributed by atoms with Crippen LogP contribution in [-0.4, -0.2) is 41.6 Å². The van der Waals surface area contributed by atoms with Gasteiger partial charge in [-0.3, -0.25) is 0 Å². The van der Waals surface area contributed by atoms with Crippen molar-refractivity contribution in [1.29, 1.82) is 0 Å². The molecule has 3 atom stereocenters. The maximum atomic E-state index is 12.2. The maximum absolute atomic E-state index is 12.2. The third-order valence-corrected chi connectivity index (χ3v) is 4.72. The summed E-state index contributed by atoms with van der Waals surface area (Å²) in [5.41, 5.74) is 7.84. The van der Waals surface area contributed by atoms with E-state index in [1.165, 1.54) is 7.11 Å². The standard InChI is InChI=1S/C13H18BrN2O4S.Ac/c1-18-19-9-12-8-11(15)6-7-16(12)20-21(17)13-4-2-10(14)3-5-13;/h2-5,11-12,15H,6-9H2,1H3;/q-1;. The third-order valence-electron chi connectivity index (χ3n) is 3.21. The Morgan fingerprint density at radius 2 is 2.09 bits per heavy atom. The van der Waals surface area contributed by atoms with Crippen LogP contribution in [-0.2, 0) is 25.1 Å². The summed E-state index contributed by atoms with van der Waals surface area (Å²) >= 11 is 1.76. The van der Waals surface area contributed by atoms with E-state index in [1.54, 1.807) is 17.2 Å². The first-order valence-corrected chi connectivity index (χ1v) is 8.46. The molecule has 3 unspecified atom stereocenters. The predicted octanol–water partition coefficient (Wildman–Crippen LogP) is 2.87. The number of hydroxylamine groups is 2. The van der Waals surface area contributed by atoms with E-state index in [-0.39, 0.29) is 62.8 Å². The van der Waals surface area contributed by atoms with Crippen molar-refractivity contribution >= 4 is 27.0 Å². The van der Waals surface area contributed by atoms with Crippen molar-refractivity contribution in [3.05, 3.63) is 34.5 Å². The molecule has 1 heterocycles. The van der Waals surface area contributed by atoms with Gasteiger partial charge in [-0.2, -0.15) is 9.35 Å². The van der Waals surface area contributed by atoms with E-state index in [0.717, 1.165) is 4.47 Å². The molecule has 0 aromatic heterocycles. The fraction of sp³-hybridized carbons (Fsp3) is 0.538. The van der Waals surface area contributed by atoms with Crippen LogP contribution in [0.4, 0.5) is 0 Å². The molecule has 1 N–H and O–H groups in total. The van der Waals surface area contributed by atoms with Crippen molar-refractivity contribution in [1.82, 2.24) is 5.06 Å². The summed E-state index contributed by atoms with van der Waals surface area (Å²) in [5.74, 6) is 0. The minimum Gasteiger partial charge on any atom is -0.675 e. The molecular formula is C13H18AcBrN2O4S-. The topological polar surface area (TPSA) is 71.8 Å². The second kappa shape index (κ2) is 10.9. The molecule has 1 fully saturated rings. The number of nitrogens with zero attached hydrogens (tertiary/aromatic N) is 1. The molecule has 121 valence electrons. The van der Waals surface area contributed by atoms with Gasteiger partial charge in [0.25, 0.3) is 0 Å². The van der Waals surface area contributed by atoms with Crippen LogP contribution in [0.15, 0.2) is 33.6 Å². The Labute approximate surface area is 177 Å². The van der Waals surface area contributed by atoms with Crippen LogP contribution in [0.3, 0.4) is 0 Å². The number of hydrogen-bond donors (Lipinski definition) is 0. The van der Waals surface area contributed by atoms with E-state index in [4.69, 9.17) is 14.9 Å². The molecule has 0 amide bonds. The number of benzene rings is 1. The van der Waals surface area contributed by atoms with Crippen molar-refractivity contribution in [2.24, 2.45) is 0 Å². The average molecular weight is 605 g/mol. The van der Waals surface area contributed by atoms with Gasteiger partial charge >= 0.3 is 0 Å². The quantitative estimate of drug-likeness (QED) is 0.369. The summed E-state index contributed by atoms with van der Waals surface area (Å²) in [4.78, 5) is 10.1. The van der Waals surface area contributed by atoms with Gasteiger partial charge < -0.3 is 5.73 Å². The number of nitrogens with one attached hydrogen (secondary N) is 1. The van der Waals surface area contributed by atoms with Crippen molar-refractivity contribution in [3.8, 4) is 0 Å². The molecule has 0 spiro atoms. The first-order chi connectivity index (χ1) is 10.1.